The third-order valence-corrected chi connectivity index (χ3v) is 5.56. The molecule has 196 valence electrons. The van der Waals surface area contributed by atoms with Gasteiger partial charge < -0.3 is 24.6 Å². The van der Waals surface area contributed by atoms with Gasteiger partial charge in [0.2, 0.25) is 5.75 Å². The first kappa shape index (κ1) is 25.1. The summed E-state index contributed by atoms with van der Waals surface area (Å²) in [6.45, 7) is 0.425. The van der Waals surface area contributed by atoms with E-state index in [9.17, 15) is 5.11 Å². The molecule has 0 radical (unpaired) electrons. The molecule has 12 nitrogen and oxygen atoms in total. The van der Waals surface area contributed by atoms with Crippen LogP contribution in [0.15, 0.2) is 78.7 Å². The lowest BCUT2D eigenvalue weighted by Crippen LogP contribution is -2.02. The Hall–Kier alpha value is -5.52. The molecule has 5 aromatic rings. The molecular formula is C27H24N8O4. The van der Waals surface area contributed by atoms with Gasteiger partial charge in [-0.05, 0) is 42.0 Å². The molecule has 0 unspecified atom stereocenters. The van der Waals surface area contributed by atoms with Crippen LogP contribution in [-0.2, 0) is 6.61 Å². The van der Waals surface area contributed by atoms with Gasteiger partial charge in [0.15, 0.2) is 23.1 Å². The highest BCUT2D eigenvalue weighted by Crippen LogP contribution is 2.36. The van der Waals surface area contributed by atoms with Crippen molar-refractivity contribution in [1.82, 2.24) is 24.9 Å². The van der Waals surface area contributed by atoms with E-state index < -0.39 is 0 Å². The number of hydrogen-bond donors (Lipinski definition) is 3. The van der Waals surface area contributed by atoms with Crippen molar-refractivity contribution in [3.63, 3.8) is 0 Å². The third kappa shape index (κ3) is 5.91. The van der Waals surface area contributed by atoms with E-state index >= 15 is 0 Å². The van der Waals surface area contributed by atoms with E-state index in [0.717, 1.165) is 11.3 Å². The van der Waals surface area contributed by atoms with Crippen molar-refractivity contribution in [2.75, 3.05) is 25.0 Å². The maximum absolute atomic E-state index is 10.1. The van der Waals surface area contributed by atoms with Gasteiger partial charge in [-0.1, -0.05) is 6.07 Å². The fraction of sp³-hybridized carbons (Fsp3) is 0.111. The monoisotopic (exact) mass is 524 g/mol. The Morgan fingerprint density at radius 3 is 2.28 bits per heavy atom. The molecule has 0 atom stereocenters. The van der Waals surface area contributed by atoms with E-state index in [1.54, 1.807) is 24.5 Å². The lowest BCUT2D eigenvalue weighted by atomic mass is 10.2. The Morgan fingerprint density at radius 1 is 0.872 bits per heavy atom. The van der Waals surface area contributed by atoms with Crippen LogP contribution >= 0.6 is 0 Å². The predicted octanol–water partition coefficient (Wildman–Crippen LogP) is 4.31. The normalized spacial score (nSPS) is 10.9. The molecule has 3 aromatic heterocycles. The van der Waals surface area contributed by atoms with E-state index in [1.807, 2.05) is 36.4 Å². The minimum absolute atomic E-state index is 0.0884. The second-order valence-electron chi connectivity index (χ2n) is 8.08. The molecule has 0 fully saturated rings. The summed E-state index contributed by atoms with van der Waals surface area (Å²) in [5.41, 5.74) is 6.28. The minimum Gasteiger partial charge on any atom is -0.502 e. The van der Waals surface area contributed by atoms with Crippen LogP contribution in [0.5, 0.6) is 23.0 Å². The molecule has 0 amide bonds. The Labute approximate surface area is 223 Å². The number of hydrogen-bond acceptors (Lipinski definition) is 12. The molecule has 12 heteroatoms. The number of nitrogens with zero attached hydrogens (tertiary/aromatic N) is 6. The second-order valence-corrected chi connectivity index (χ2v) is 8.08. The number of rotatable bonds is 10. The zero-order valence-electron chi connectivity index (χ0n) is 21.1. The fourth-order valence-corrected chi connectivity index (χ4v) is 3.66. The van der Waals surface area contributed by atoms with Crippen LogP contribution in [0, 0.1) is 0 Å². The number of ether oxygens (including phenoxy) is 3. The van der Waals surface area contributed by atoms with Crippen LogP contribution in [-0.4, -0.2) is 50.5 Å². The Morgan fingerprint density at radius 2 is 1.56 bits per heavy atom. The molecule has 39 heavy (non-hydrogen) atoms. The van der Waals surface area contributed by atoms with E-state index in [1.165, 1.54) is 33.1 Å². The number of fused-ring (bicyclic) bond motifs is 1. The predicted molar refractivity (Wildman–Crippen MR) is 146 cm³/mol. The maximum atomic E-state index is 10.1. The summed E-state index contributed by atoms with van der Waals surface area (Å²) in [7, 11) is 2.91. The highest BCUT2D eigenvalue weighted by atomic mass is 16.5. The van der Waals surface area contributed by atoms with Gasteiger partial charge in [-0.15, -0.1) is 0 Å². The molecule has 0 aliphatic rings. The molecule has 0 saturated carbocycles. The minimum atomic E-state index is -0.0884. The molecule has 3 N–H and O–H groups in total. The number of anilines is 3. The number of methoxy groups -OCH3 is 2. The van der Waals surface area contributed by atoms with Crippen molar-refractivity contribution >= 4 is 34.6 Å². The number of nitrogens with one attached hydrogen (secondary N) is 2. The smallest absolute Gasteiger partial charge is 0.200 e. The summed E-state index contributed by atoms with van der Waals surface area (Å²) >= 11 is 0. The van der Waals surface area contributed by atoms with Gasteiger partial charge >= 0.3 is 0 Å². The zero-order chi connectivity index (χ0) is 27.0. The van der Waals surface area contributed by atoms with Crippen LogP contribution in [0.2, 0.25) is 0 Å². The number of aromatic nitrogens is 5. The maximum Gasteiger partial charge on any atom is 0.200 e. The standard InChI is InChI=1S/C27H24N8O4/c1-37-21-10-18(11-22(38-2)25(21)36)13-33-35-27-24-23(29-16-32-27)26(31-15-30-24)34-19-4-3-5-20(12-19)39-14-17-6-8-28-9-7-17/h3-13,15-16,36H,14H2,1-2H3,(H,29,32,35)(H,30,31,34)/b33-13+. The van der Waals surface area contributed by atoms with Gasteiger partial charge in [-0.3, -0.25) is 10.4 Å². The molecule has 5 rings (SSSR count). The van der Waals surface area contributed by atoms with E-state index in [2.05, 4.69) is 40.8 Å². The van der Waals surface area contributed by atoms with Gasteiger partial charge in [-0.25, -0.2) is 19.9 Å². The summed E-state index contributed by atoms with van der Waals surface area (Å²) in [4.78, 5) is 21.4. The van der Waals surface area contributed by atoms with Gasteiger partial charge in [0.1, 0.15) is 36.0 Å². The van der Waals surface area contributed by atoms with Crippen molar-refractivity contribution in [3.8, 4) is 23.0 Å². The summed E-state index contributed by atoms with van der Waals surface area (Å²) in [6, 6.07) is 14.6. The number of benzene rings is 2. The van der Waals surface area contributed by atoms with E-state index in [4.69, 9.17) is 14.2 Å². The second kappa shape index (κ2) is 11.7. The average Bonchev–Trinajstić information content (AvgIpc) is 2.98. The largest absolute Gasteiger partial charge is 0.502 e. The number of phenolic OH excluding ortho intramolecular Hbond substituents is 1. The summed E-state index contributed by atoms with van der Waals surface area (Å²) in [5.74, 6) is 2.01. The quantitative estimate of drug-likeness (QED) is 0.177. The first-order valence-electron chi connectivity index (χ1n) is 11.7. The molecule has 0 spiro atoms. The zero-order valence-corrected chi connectivity index (χ0v) is 21.1. The lowest BCUT2D eigenvalue weighted by molar-refractivity contribution is 0.306. The Kier molecular flexibility index (Phi) is 7.53. The van der Waals surface area contributed by atoms with E-state index in [0.29, 0.717) is 40.6 Å². The molecule has 0 saturated heterocycles. The average molecular weight is 525 g/mol. The topological polar surface area (TPSA) is 149 Å². The van der Waals surface area contributed by atoms with Gasteiger partial charge in [0.05, 0.1) is 20.4 Å². The van der Waals surface area contributed by atoms with Crippen LogP contribution in [0.25, 0.3) is 11.0 Å². The third-order valence-electron chi connectivity index (χ3n) is 5.56. The number of aromatic hydroxyl groups is 1. The highest BCUT2D eigenvalue weighted by molar-refractivity contribution is 5.93. The molecule has 2 aromatic carbocycles. The molecule has 0 aliphatic heterocycles. The molecule has 0 aliphatic carbocycles. The van der Waals surface area contributed by atoms with Crippen molar-refractivity contribution in [3.05, 3.63) is 84.7 Å². The van der Waals surface area contributed by atoms with Crippen molar-refractivity contribution < 1.29 is 19.3 Å². The molecular weight excluding hydrogens is 500 g/mol. The summed E-state index contributed by atoms with van der Waals surface area (Å²) < 4.78 is 16.3. The van der Waals surface area contributed by atoms with Crippen molar-refractivity contribution in [2.24, 2.45) is 5.10 Å². The van der Waals surface area contributed by atoms with Crippen LogP contribution in [0.4, 0.5) is 17.3 Å². The Balaban J connectivity index is 1.33. The van der Waals surface area contributed by atoms with Crippen molar-refractivity contribution in [1.29, 1.82) is 0 Å². The lowest BCUT2D eigenvalue weighted by Gasteiger charge is -2.11. The highest BCUT2D eigenvalue weighted by Gasteiger charge is 2.12. The summed E-state index contributed by atoms with van der Waals surface area (Å²) in [6.07, 6.45) is 7.82. The van der Waals surface area contributed by atoms with Gasteiger partial charge in [0.25, 0.3) is 0 Å². The molecule has 0 bridgehead atoms. The first-order chi connectivity index (χ1) is 19.1. The van der Waals surface area contributed by atoms with Gasteiger partial charge in [-0.2, -0.15) is 5.10 Å². The van der Waals surface area contributed by atoms with Crippen molar-refractivity contribution in [2.45, 2.75) is 6.61 Å². The van der Waals surface area contributed by atoms with Crippen LogP contribution < -0.4 is 25.0 Å². The number of pyridine rings is 1. The number of hydrazone groups is 1. The fourth-order valence-electron chi connectivity index (χ4n) is 3.66. The van der Waals surface area contributed by atoms with Gasteiger partial charge in [0, 0.05) is 29.7 Å². The Bertz CT molecular complexity index is 1590. The number of phenols is 1. The molecule has 3 heterocycles. The first-order valence-corrected chi connectivity index (χ1v) is 11.7. The SMILES string of the molecule is COc1cc(/C=N/Nc2ncnc3c(Nc4cccc(OCc5ccncc5)c4)ncnc23)cc(OC)c1O. The summed E-state index contributed by atoms with van der Waals surface area (Å²) in [5, 5.41) is 17.6. The van der Waals surface area contributed by atoms with Crippen LogP contribution in [0.1, 0.15) is 11.1 Å². The van der Waals surface area contributed by atoms with Crippen LogP contribution in [0.3, 0.4) is 0 Å². The van der Waals surface area contributed by atoms with E-state index in [-0.39, 0.29) is 17.2 Å².